The first-order valence-corrected chi connectivity index (χ1v) is 7.89. The second-order valence-electron chi connectivity index (χ2n) is 5.85. The van der Waals surface area contributed by atoms with Crippen LogP contribution in [0.25, 0.3) is 11.0 Å². The molecule has 1 atom stereocenters. The number of nitrogens with zero attached hydrogens (tertiary/aromatic N) is 1. The summed E-state index contributed by atoms with van der Waals surface area (Å²) in [6.45, 7) is 3.05. The average molecular weight is 302 g/mol. The van der Waals surface area contributed by atoms with Crippen LogP contribution in [0.2, 0.25) is 0 Å². The van der Waals surface area contributed by atoms with Crippen LogP contribution in [-0.4, -0.2) is 35.1 Å². The van der Waals surface area contributed by atoms with E-state index in [1.165, 1.54) is 0 Å². The van der Waals surface area contributed by atoms with Gasteiger partial charge >= 0.3 is 5.69 Å². The van der Waals surface area contributed by atoms with Crippen molar-refractivity contribution in [1.29, 1.82) is 0 Å². The number of benzene rings is 1. The summed E-state index contributed by atoms with van der Waals surface area (Å²) in [6.07, 6.45) is 2.67. The second-order valence-corrected chi connectivity index (χ2v) is 5.85. The minimum absolute atomic E-state index is 0.0693. The number of hydrogen-bond acceptors (Lipinski definition) is 3. The second kappa shape index (κ2) is 6.79. The normalized spacial score (nSPS) is 17.9. The van der Waals surface area contributed by atoms with Crippen LogP contribution in [0, 0.1) is 5.92 Å². The van der Waals surface area contributed by atoms with Gasteiger partial charge in [0.1, 0.15) is 0 Å². The number of nitrogens with one attached hydrogen (secondary N) is 3. The van der Waals surface area contributed by atoms with E-state index in [4.69, 9.17) is 0 Å². The fourth-order valence-corrected chi connectivity index (χ4v) is 3.02. The largest absolute Gasteiger partial charge is 0.354 e. The number of hydrogen-bond donors (Lipinski definition) is 3. The maximum Gasteiger partial charge on any atom is 0.326 e. The van der Waals surface area contributed by atoms with Crippen molar-refractivity contribution in [1.82, 2.24) is 20.2 Å². The van der Waals surface area contributed by atoms with Gasteiger partial charge in [0, 0.05) is 19.5 Å². The van der Waals surface area contributed by atoms with Gasteiger partial charge in [-0.3, -0.25) is 9.36 Å². The summed E-state index contributed by atoms with van der Waals surface area (Å²) in [5.41, 5.74) is 1.57. The highest BCUT2D eigenvalue weighted by Crippen LogP contribution is 2.14. The highest BCUT2D eigenvalue weighted by Gasteiger charge is 2.15. The molecule has 3 N–H and O–H groups in total. The molecule has 1 aliphatic heterocycles. The molecule has 0 bridgehead atoms. The standard InChI is InChI=1S/C16H22N4O2/c21-15(6-5-12-7-8-17-11-12)18-9-10-20-14-4-2-1-3-13(14)19-16(20)22/h1-4,12,17H,5-11H2,(H,18,21)(H,19,22). The summed E-state index contributed by atoms with van der Waals surface area (Å²) in [5, 5.41) is 6.21. The lowest BCUT2D eigenvalue weighted by Crippen LogP contribution is -2.30. The van der Waals surface area contributed by atoms with Gasteiger partial charge in [0.05, 0.1) is 11.0 Å². The third-order valence-electron chi connectivity index (χ3n) is 4.28. The van der Waals surface area contributed by atoms with Crippen LogP contribution >= 0.6 is 0 Å². The van der Waals surface area contributed by atoms with Gasteiger partial charge in [-0.05, 0) is 44.0 Å². The van der Waals surface area contributed by atoms with E-state index in [2.05, 4.69) is 15.6 Å². The zero-order valence-corrected chi connectivity index (χ0v) is 12.6. The van der Waals surface area contributed by atoms with Gasteiger partial charge in [-0.2, -0.15) is 0 Å². The zero-order valence-electron chi connectivity index (χ0n) is 12.6. The van der Waals surface area contributed by atoms with Crippen LogP contribution in [0.4, 0.5) is 0 Å². The summed E-state index contributed by atoms with van der Waals surface area (Å²) in [5.74, 6) is 0.696. The molecule has 118 valence electrons. The molecule has 3 rings (SSSR count). The van der Waals surface area contributed by atoms with E-state index in [-0.39, 0.29) is 11.6 Å². The fourth-order valence-electron chi connectivity index (χ4n) is 3.02. The number of aromatic nitrogens is 2. The first kappa shape index (κ1) is 14.8. The number of amides is 1. The van der Waals surface area contributed by atoms with Gasteiger partial charge in [0.25, 0.3) is 0 Å². The monoisotopic (exact) mass is 302 g/mol. The number of carbonyl (C=O) groups excluding carboxylic acids is 1. The Balaban J connectivity index is 1.48. The molecule has 0 spiro atoms. The molecule has 1 unspecified atom stereocenters. The Morgan fingerprint density at radius 2 is 2.23 bits per heavy atom. The molecule has 1 aliphatic rings. The fraction of sp³-hybridized carbons (Fsp3) is 0.500. The topological polar surface area (TPSA) is 78.9 Å². The van der Waals surface area contributed by atoms with Gasteiger partial charge in [0.2, 0.25) is 5.91 Å². The smallest absolute Gasteiger partial charge is 0.326 e. The van der Waals surface area contributed by atoms with Crippen molar-refractivity contribution in [2.45, 2.75) is 25.8 Å². The molecule has 1 fully saturated rings. The number of aromatic amines is 1. The zero-order chi connectivity index (χ0) is 15.4. The SMILES string of the molecule is O=C(CCC1CCNC1)NCCn1c(=O)[nH]c2ccccc21. The minimum Gasteiger partial charge on any atom is -0.354 e. The van der Waals surface area contributed by atoms with E-state index < -0.39 is 0 Å². The van der Waals surface area contributed by atoms with Crippen LogP contribution in [0.5, 0.6) is 0 Å². The predicted molar refractivity (Wildman–Crippen MR) is 85.8 cm³/mol. The van der Waals surface area contributed by atoms with Crippen molar-refractivity contribution in [2.24, 2.45) is 5.92 Å². The Labute approximate surface area is 128 Å². The molecule has 1 aromatic heterocycles. The minimum atomic E-state index is -0.132. The van der Waals surface area contributed by atoms with E-state index in [0.717, 1.165) is 37.0 Å². The van der Waals surface area contributed by atoms with E-state index in [1.807, 2.05) is 24.3 Å². The number of para-hydroxylation sites is 2. The summed E-state index contributed by atoms with van der Waals surface area (Å²) >= 11 is 0. The molecule has 2 heterocycles. The molecule has 0 saturated carbocycles. The van der Waals surface area contributed by atoms with Crippen LogP contribution < -0.4 is 16.3 Å². The number of rotatable bonds is 6. The lowest BCUT2D eigenvalue weighted by atomic mass is 10.0. The Morgan fingerprint density at radius 1 is 1.36 bits per heavy atom. The molecule has 1 saturated heterocycles. The van der Waals surface area contributed by atoms with Crippen molar-refractivity contribution in [3.05, 3.63) is 34.7 Å². The summed E-state index contributed by atoms with van der Waals surface area (Å²) in [6, 6.07) is 7.58. The van der Waals surface area contributed by atoms with Crippen LogP contribution in [0.3, 0.4) is 0 Å². The molecule has 22 heavy (non-hydrogen) atoms. The van der Waals surface area contributed by atoms with E-state index in [9.17, 15) is 9.59 Å². The predicted octanol–water partition coefficient (Wildman–Crippen LogP) is 0.836. The first-order valence-electron chi connectivity index (χ1n) is 7.89. The van der Waals surface area contributed by atoms with Gasteiger partial charge in [-0.15, -0.1) is 0 Å². The van der Waals surface area contributed by atoms with Crippen LogP contribution in [-0.2, 0) is 11.3 Å². The number of fused-ring (bicyclic) bond motifs is 1. The quantitative estimate of drug-likeness (QED) is 0.740. The summed E-state index contributed by atoms with van der Waals surface area (Å²) < 4.78 is 1.66. The summed E-state index contributed by atoms with van der Waals surface area (Å²) in [4.78, 5) is 26.6. The molecular formula is C16H22N4O2. The number of H-pyrrole nitrogens is 1. The Morgan fingerprint density at radius 3 is 3.05 bits per heavy atom. The van der Waals surface area contributed by atoms with Crippen molar-refractivity contribution < 1.29 is 4.79 Å². The van der Waals surface area contributed by atoms with E-state index >= 15 is 0 Å². The van der Waals surface area contributed by atoms with Gasteiger partial charge in [0.15, 0.2) is 0 Å². The molecule has 6 nitrogen and oxygen atoms in total. The highest BCUT2D eigenvalue weighted by molar-refractivity contribution is 5.76. The maximum atomic E-state index is 11.9. The molecule has 1 amide bonds. The van der Waals surface area contributed by atoms with Gasteiger partial charge in [-0.1, -0.05) is 12.1 Å². The molecule has 2 aromatic rings. The Hall–Kier alpha value is -2.08. The molecule has 0 radical (unpaired) electrons. The van der Waals surface area contributed by atoms with Crippen molar-refractivity contribution >= 4 is 16.9 Å². The van der Waals surface area contributed by atoms with Crippen LogP contribution in [0.15, 0.2) is 29.1 Å². The van der Waals surface area contributed by atoms with Crippen LogP contribution in [0.1, 0.15) is 19.3 Å². The van der Waals surface area contributed by atoms with E-state index in [1.54, 1.807) is 4.57 Å². The Kier molecular flexibility index (Phi) is 4.58. The average Bonchev–Trinajstić information content (AvgIpc) is 3.13. The Bertz CT molecular complexity index is 697. The van der Waals surface area contributed by atoms with E-state index in [0.29, 0.717) is 25.4 Å². The lowest BCUT2D eigenvalue weighted by Gasteiger charge is -2.09. The van der Waals surface area contributed by atoms with Gasteiger partial charge in [-0.25, -0.2) is 4.79 Å². The third-order valence-corrected chi connectivity index (χ3v) is 4.28. The molecular weight excluding hydrogens is 280 g/mol. The first-order chi connectivity index (χ1) is 10.7. The molecule has 6 heteroatoms. The van der Waals surface area contributed by atoms with Gasteiger partial charge < -0.3 is 15.6 Å². The van der Waals surface area contributed by atoms with Crippen molar-refractivity contribution in [3.63, 3.8) is 0 Å². The highest BCUT2D eigenvalue weighted by atomic mass is 16.2. The lowest BCUT2D eigenvalue weighted by molar-refractivity contribution is -0.121. The van der Waals surface area contributed by atoms with Crippen molar-refractivity contribution in [3.8, 4) is 0 Å². The number of carbonyl (C=O) groups is 1. The summed E-state index contributed by atoms with van der Waals surface area (Å²) in [7, 11) is 0. The van der Waals surface area contributed by atoms with Crippen molar-refractivity contribution in [2.75, 3.05) is 19.6 Å². The number of imidazole rings is 1. The third kappa shape index (κ3) is 3.39. The maximum absolute atomic E-state index is 11.9. The molecule has 1 aromatic carbocycles. The molecule has 0 aliphatic carbocycles.